The van der Waals surface area contributed by atoms with Gasteiger partial charge in [-0.05, 0) is 12.0 Å². The van der Waals surface area contributed by atoms with Crippen LogP contribution in [0.15, 0.2) is 30.3 Å². The number of epoxide rings is 1. The second-order valence-corrected chi connectivity index (χ2v) is 4.03. The van der Waals surface area contributed by atoms with E-state index in [0.717, 1.165) is 12.0 Å². The maximum atomic E-state index is 11.6. The Kier molecular flexibility index (Phi) is 3.94. The number of nitrogens with one attached hydrogen (secondary N) is 1. The first-order valence-electron chi connectivity index (χ1n) is 5.77. The molecule has 2 unspecified atom stereocenters. The maximum Gasteiger partial charge on any atom is 0.338 e. The lowest BCUT2D eigenvalue weighted by Crippen LogP contribution is -2.32. The van der Waals surface area contributed by atoms with Crippen LogP contribution in [0.1, 0.15) is 5.56 Å². The highest BCUT2D eigenvalue weighted by molar-refractivity contribution is 5.92. The molecule has 1 saturated heterocycles. The first-order valence-corrected chi connectivity index (χ1v) is 5.77. The van der Waals surface area contributed by atoms with E-state index in [1.165, 1.54) is 7.11 Å². The zero-order valence-corrected chi connectivity index (χ0v) is 10.1. The average molecular weight is 249 g/mol. The van der Waals surface area contributed by atoms with Gasteiger partial charge in [0.15, 0.2) is 12.2 Å². The quantitative estimate of drug-likeness (QED) is 0.601. The van der Waals surface area contributed by atoms with Crippen LogP contribution in [0.4, 0.5) is 0 Å². The van der Waals surface area contributed by atoms with Crippen molar-refractivity contribution in [2.45, 2.75) is 18.6 Å². The number of esters is 1. The molecule has 1 fully saturated rings. The average Bonchev–Trinajstić information content (AvgIpc) is 3.19. The Bertz CT molecular complexity index is 432. The lowest BCUT2D eigenvalue weighted by molar-refractivity contribution is -0.142. The maximum absolute atomic E-state index is 11.6. The van der Waals surface area contributed by atoms with Crippen LogP contribution < -0.4 is 5.32 Å². The molecule has 5 heteroatoms. The van der Waals surface area contributed by atoms with Crippen molar-refractivity contribution in [1.82, 2.24) is 5.32 Å². The van der Waals surface area contributed by atoms with Crippen LogP contribution in [0.3, 0.4) is 0 Å². The summed E-state index contributed by atoms with van der Waals surface area (Å²) in [7, 11) is 1.27. The number of hydrogen-bond acceptors (Lipinski definition) is 4. The summed E-state index contributed by atoms with van der Waals surface area (Å²) in [5, 5.41) is 2.73. The van der Waals surface area contributed by atoms with Gasteiger partial charge in [0.1, 0.15) is 0 Å². The van der Waals surface area contributed by atoms with Gasteiger partial charge < -0.3 is 14.8 Å². The van der Waals surface area contributed by atoms with Gasteiger partial charge in [-0.25, -0.2) is 4.79 Å². The lowest BCUT2D eigenvalue weighted by atomic mass is 10.1. The molecule has 18 heavy (non-hydrogen) atoms. The molecule has 0 aromatic heterocycles. The molecule has 0 radical (unpaired) electrons. The molecular weight excluding hydrogens is 234 g/mol. The minimum atomic E-state index is -0.730. The van der Waals surface area contributed by atoms with Gasteiger partial charge in [0.05, 0.1) is 7.11 Å². The zero-order chi connectivity index (χ0) is 13.0. The number of carbonyl (C=O) groups is 2. The number of benzene rings is 1. The van der Waals surface area contributed by atoms with Gasteiger partial charge in [0, 0.05) is 6.54 Å². The first kappa shape index (κ1) is 12.6. The van der Waals surface area contributed by atoms with Crippen molar-refractivity contribution in [2.24, 2.45) is 0 Å². The number of hydrogen-bond donors (Lipinski definition) is 1. The number of rotatable bonds is 5. The molecule has 2 atom stereocenters. The molecular formula is C13H15NO4. The van der Waals surface area contributed by atoms with Gasteiger partial charge in [-0.3, -0.25) is 4.79 Å². The predicted molar refractivity (Wildman–Crippen MR) is 63.8 cm³/mol. The zero-order valence-electron chi connectivity index (χ0n) is 10.1. The molecule has 1 heterocycles. The SMILES string of the molecule is COC(=O)C1OC1C(=O)NCCc1ccccc1. The summed E-state index contributed by atoms with van der Waals surface area (Å²) in [6.45, 7) is 0.524. The summed E-state index contributed by atoms with van der Waals surface area (Å²) in [5.74, 6) is -0.764. The van der Waals surface area contributed by atoms with Gasteiger partial charge in [-0.2, -0.15) is 0 Å². The molecule has 1 aliphatic rings. The topological polar surface area (TPSA) is 67.9 Å². The van der Waals surface area contributed by atoms with Crippen molar-refractivity contribution < 1.29 is 19.1 Å². The van der Waals surface area contributed by atoms with Crippen molar-refractivity contribution in [2.75, 3.05) is 13.7 Å². The minimum absolute atomic E-state index is 0.263. The first-order chi connectivity index (χ1) is 8.72. The highest BCUT2D eigenvalue weighted by Gasteiger charge is 2.51. The van der Waals surface area contributed by atoms with Crippen molar-refractivity contribution in [3.05, 3.63) is 35.9 Å². The molecule has 1 aliphatic heterocycles. The molecule has 0 aliphatic carbocycles. The van der Waals surface area contributed by atoms with E-state index in [1.54, 1.807) is 0 Å². The summed E-state index contributed by atoms with van der Waals surface area (Å²) in [6, 6.07) is 9.85. The largest absolute Gasteiger partial charge is 0.467 e. The van der Waals surface area contributed by atoms with Crippen molar-refractivity contribution in [3.63, 3.8) is 0 Å². The third kappa shape index (κ3) is 3.07. The van der Waals surface area contributed by atoms with Gasteiger partial charge in [-0.15, -0.1) is 0 Å². The smallest absolute Gasteiger partial charge is 0.338 e. The third-order valence-corrected chi connectivity index (χ3v) is 2.74. The molecule has 2 rings (SSSR count). The number of carbonyl (C=O) groups excluding carboxylic acids is 2. The monoisotopic (exact) mass is 249 g/mol. The molecule has 5 nitrogen and oxygen atoms in total. The number of ether oxygens (including phenoxy) is 2. The highest BCUT2D eigenvalue weighted by atomic mass is 16.6. The molecule has 0 bridgehead atoms. The Labute approximate surface area is 105 Å². The second kappa shape index (κ2) is 5.64. The fourth-order valence-corrected chi connectivity index (χ4v) is 1.68. The van der Waals surface area contributed by atoms with E-state index < -0.39 is 18.2 Å². The highest BCUT2D eigenvalue weighted by Crippen LogP contribution is 2.23. The summed E-state index contributed by atoms with van der Waals surface area (Å²) in [4.78, 5) is 22.6. The van der Waals surface area contributed by atoms with E-state index in [0.29, 0.717) is 6.54 Å². The van der Waals surface area contributed by atoms with Crippen LogP contribution in [0.25, 0.3) is 0 Å². The summed E-state index contributed by atoms with van der Waals surface area (Å²) in [5.41, 5.74) is 1.15. The summed E-state index contributed by atoms with van der Waals surface area (Å²) in [6.07, 6.45) is -0.665. The van der Waals surface area contributed by atoms with Crippen LogP contribution >= 0.6 is 0 Å². The van der Waals surface area contributed by atoms with Gasteiger partial charge in [0.25, 0.3) is 5.91 Å². The molecule has 1 N–H and O–H groups in total. The lowest BCUT2D eigenvalue weighted by Gasteiger charge is -2.03. The summed E-state index contributed by atoms with van der Waals surface area (Å²) < 4.78 is 9.43. The predicted octanol–water partition coefficient (Wildman–Crippen LogP) is 0.286. The van der Waals surface area contributed by atoms with E-state index in [9.17, 15) is 9.59 Å². The van der Waals surface area contributed by atoms with E-state index in [4.69, 9.17) is 4.74 Å². The molecule has 96 valence electrons. The Balaban J connectivity index is 1.69. The van der Waals surface area contributed by atoms with Crippen molar-refractivity contribution in [1.29, 1.82) is 0 Å². The fraction of sp³-hybridized carbons (Fsp3) is 0.385. The fourth-order valence-electron chi connectivity index (χ4n) is 1.68. The Hall–Kier alpha value is -1.88. The van der Waals surface area contributed by atoms with Gasteiger partial charge in [0.2, 0.25) is 0 Å². The Morgan fingerprint density at radius 3 is 2.67 bits per heavy atom. The van der Waals surface area contributed by atoms with Crippen LogP contribution in [0, 0.1) is 0 Å². The van der Waals surface area contributed by atoms with Crippen LogP contribution in [-0.2, 0) is 25.5 Å². The van der Waals surface area contributed by atoms with Crippen LogP contribution in [-0.4, -0.2) is 37.7 Å². The van der Waals surface area contributed by atoms with E-state index in [2.05, 4.69) is 10.1 Å². The third-order valence-electron chi connectivity index (χ3n) is 2.74. The minimum Gasteiger partial charge on any atom is -0.467 e. The normalized spacial score (nSPS) is 21.2. The van der Waals surface area contributed by atoms with E-state index in [1.807, 2.05) is 30.3 Å². The number of amides is 1. The Morgan fingerprint density at radius 2 is 2.00 bits per heavy atom. The molecule has 1 aromatic carbocycles. The number of methoxy groups -OCH3 is 1. The Morgan fingerprint density at radius 1 is 1.28 bits per heavy atom. The standard InChI is InChI=1S/C13H15NO4/c1-17-13(16)11-10(18-11)12(15)14-8-7-9-5-3-2-4-6-9/h2-6,10-11H,7-8H2,1H3,(H,14,15). The molecule has 0 spiro atoms. The van der Waals surface area contributed by atoms with Crippen LogP contribution in [0.2, 0.25) is 0 Å². The summed E-state index contributed by atoms with van der Waals surface area (Å²) >= 11 is 0. The van der Waals surface area contributed by atoms with Gasteiger partial charge >= 0.3 is 5.97 Å². The van der Waals surface area contributed by atoms with Crippen LogP contribution in [0.5, 0.6) is 0 Å². The van der Waals surface area contributed by atoms with E-state index in [-0.39, 0.29) is 5.91 Å². The van der Waals surface area contributed by atoms with Crippen molar-refractivity contribution in [3.8, 4) is 0 Å². The molecule has 0 saturated carbocycles. The van der Waals surface area contributed by atoms with E-state index >= 15 is 0 Å². The molecule has 1 aromatic rings. The van der Waals surface area contributed by atoms with Crippen molar-refractivity contribution >= 4 is 11.9 Å². The molecule has 1 amide bonds. The second-order valence-electron chi connectivity index (χ2n) is 4.03. The van der Waals surface area contributed by atoms with Gasteiger partial charge in [-0.1, -0.05) is 30.3 Å².